The van der Waals surface area contributed by atoms with Crippen molar-refractivity contribution in [3.63, 3.8) is 0 Å². The van der Waals surface area contributed by atoms with Gasteiger partial charge in [0.15, 0.2) is 0 Å². The van der Waals surface area contributed by atoms with Crippen molar-refractivity contribution in [3.8, 4) is 0 Å². The number of hydrogen-bond donors (Lipinski definition) is 1. The maximum atomic E-state index is 11.5. The van der Waals surface area contributed by atoms with Gasteiger partial charge >= 0.3 is 0 Å². The van der Waals surface area contributed by atoms with Gasteiger partial charge in [0.05, 0.1) is 27.2 Å². The Morgan fingerprint density at radius 1 is 1.21 bits per heavy atom. The van der Waals surface area contributed by atoms with Gasteiger partial charge in [-0.1, -0.05) is 47.5 Å². The molecule has 0 spiro atoms. The number of fused-ring (bicyclic) bond motifs is 3. The summed E-state index contributed by atoms with van der Waals surface area (Å²) in [6.45, 7) is 0. The number of hydrogen-bond acceptors (Lipinski definition) is 3. The number of nitrogens with zero attached hydrogens (tertiary/aromatic N) is 1. The Labute approximate surface area is 149 Å². The van der Waals surface area contributed by atoms with Crippen LogP contribution in [-0.4, -0.2) is 4.92 Å². The van der Waals surface area contributed by atoms with Crippen molar-refractivity contribution in [3.05, 3.63) is 79.8 Å². The zero-order valence-electron chi connectivity index (χ0n) is 12.6. The first kappa shape index (κ1) is 15.5. The van der Waals surface area contributed by atoms with Gasteiger partial charge in [-0.3, -0.25) is 10.1 Å². The molecule has 122 valence electrons. The molecule has 3 atom stereocenters. The van der Waals surface area contributed by atoms with Gasteiger partial charge in [-0.15, -0.1) is 0 Å². The van der Waals surface area contributed by atoms with E-state index in [0.717, 1.165) is 12.0 Å². The quantitative estimate of drug-likeness (QED) is 0.422. The van der Waals surface area contributed by atoms with Crippen LogP contribution in [0, 0.1) is 16.0 Å². The Kier molecular flexibility index (Phi) is 3.74. The average Bonchev–Trinajstić information content (AvgIpc) is 3.04. The summed E-state index contributed by atoms with van der Waals surface area (Å²) in [6.07, 6.45) is 5.01. The Bertz CT molecular complexity index is 866. The standard InChI is InChI=1S/C18H14Cl2N2O2/c19-11-4-1-3-10(9-11)17-13-6-2-5-12(13)16-15(22(23)24)8-7-14(20)18(16)21-17/h1-5,7-9,12-13,17,21H,6H2/t12-,13+,17+/m1/s1. The number of nitro groups is 1. The molecular formula is C18H14Cl2N2O2. The lowest BCUT2D eigenvalue weighted by molar-refractivity contribution is -0.385. The normalized spacial score (nSPS) is 24.2. The molecule has 1 aliphatic carbocycles. The summed E-state index contributed by atoms with van der Waals surface area (Å²) >= 11 is 12.5. The highest BCUT2D eigenvalue weighted by molar-refractivity contribution is 6.33. The summed E-state index contributed by atoms with van der Waals surface area (Å²) in [6, 6.07) is 10.8. The van der Waals surface area contributed by atoms with Gasteiger partial charge in [0.2, 0.25) is 0 Å². The van der Waals surface area contributed by atoms with Crippen LogP contribution < -0.4 is 5.32 Å². The zero-order chi connectivity index (χ0) is 16.8. The Morgan fingerprint density at radius 2 is 2.04 bits per heavy atom. The molecule has 0 aromatic heterocycles. The molecule has 4 rings (SSSR count). The number of nitro benzene ring substituents is 1. The van der Waals surface area contributed by atoms with E-state index in [-0.39, 0.29) is 28.5 Å². The van der Waals surface area contributed by atoms with E-state index in [0.29, 0.717) is 21.3 Å². The van der Waals surface area contributed by atoms with Crippen molar-refractivity contribution in [1.29, 1.82) is 0 Å². The van der Waals surface area contributed by atoms with E-state index in [1.807, 2.05) is 24.3 Å². The fourth-order valence-corrected chi connectivity index (χ4v) is 4.26. The maximum absolute atomic E-state index is 11.5. The molecule has 2 aromatic rings. The van der Waals surface area contributed by atoms with Crippen LogP contribution >= 0.6 is 23.2 Å². The van der Waals surface area contributed by atoms with Gasteiger partial charge in [0, 0.05) is 17.0 Å². The first-order valence-electron chi connectivity index (χ1n) is 7.71. The Hall–Kier alpha value is -2.04. The van der Waals surface area contributed by atoms with Gasteiger partial charge in [-0.25, -0.2) is 0 Å². The number of allylic oxidation sites excluding steroid dienone is 2. The predicted octanol–water partition coefficient (Wildman–Crippen LogP) is 5.73. The third kappa shape index (κ3) is 2.38. The molecule has 6 heteroatoms. The maximum Gasteiger partial charge on any atom is 0.275 e. The number of benzene rings is 2. The minimum Gasteiger partial charge on any atom is -0.376 e. The molecule has 0 fully saturated rings. The van der Waals surface area contributed by atoms with E-state index in [1.165, 1.54) is 6.07 Å². The lowest BCUT2D eigenvalue weighted by Crippen LogP contribution is -2.29. The SMILES string of the molecule is O=[N+]([O-])c1ccc(Cl)c2c1[C@@H]1C=CC[C@@H]1[C@H](c1cccc(Cl)c1)N2. The largest absolute Gasteiger partial charge is 0.376 e. The first-order chi connectivity index (χ1) is 11.6. The predicted molar refractivity (Wildman–Crippen MR) is 95.9 cm³/mol. The van der Waals surface area contributed by atoms with E-state index in [9.17, 15) is 10.1 Å². The Morgan fingerprint density at radius 3 is 2.79 bits per heavy atom. The van der Waals surface area contributed by atoms with Crippen molar-refractivity contribution < 1.29 is 4.92 Å². The highest BCUT2D eigenvalue weighted by Crippen LogP contribution is 2.54. The van der Waals surface area contributed by atoms with Crippen LogP contribution in [0.25, 0.3) is 0 Å². The van der Waals surface area contributed by atoms with Crippen molar-refractivity contribution in [2.75, 3.05) is 5.32 Å². The van der Waals surface area contributed by atoms with Crippen LogP contribution in [0.1, 0.15) is 29.5 Å². The molecule has 0 amide bonds. The van der Waals surface area contributed by atoms with Crippen LogP contribution in [0.5, 0.6) is 0 Å². The number of rotatable bonds is 2. The molecular weight excluding hydrogens is 347 g/mol. The topological polar surface area (TPSA) is 55.2 Å². The van der Waals surface area contributed by atoms with Crippen LogP contribution in [0.3, 0.4) is 0 Å². The molecule has 1 aliphatic heterocycles. The van der Waals surface area contributed by atoms with E-state index in [4.69, 9.17) is 23.2 Å². The summed E-state index contributed by atoms with van der Waals surface area (Å²) in [7, 11) is 0. The monoisotopic (exact) mass is 360 g/mol. The van der Waals surface area contributed by atoms with E-state index in [1.54, 1.807) is 6.07 Å². The first-order valence-corrected chi connectivity index (χ1v) is 8.47. The minimum absolute atomic E-state index is 0.00991. The van der Waals surface area contributed by atoms with Gasteiger partial charge in [-0.2, -0.15) is 0 Å². The lowest BCUT2D eigenvalue weighted by atomic mass is 9.76. The Balaban J connectivity index is 1.88. The molecule has 1 heterocycles. The van der Waals surface area contributed by atoms with Gasteiger partial charge in [0.25, 0.3) is 5.69 Å². The van der Waals surface area contributed by atoms with E-state index < -0.39 is 0 Å². The number of halogens is 2. The van der Waals surface area contributed by atoms with Gasteiger partial charge in [0.1, 0.15) is 0 Å². The fraction of sp³-hybridized carbons (Fsp3) is 0.222. The second kappa shape index (κ2) is 5.80. The third-order valence-corrected chi connectivity index (χ3v) is 5.40. The smallest absolute Gasteiger partial charge is 0.275 e. The zero-order valence-corrected chi connectivity index (χ0v) is 14.1. The average molecular weight is 361 g/mol. The molecule has 0 unspecified atom stereocenters. The van der Waals surface area contributed by atoms with Crippen molar-refractivity contribution in [2.45, 2.75) is 18.4 Å². The molecule has 4 nitrogen and oxygen atoms in total. The highest BCUT2D eigenvalue weighted by atomic mass is 35.5. The molecule has 0 bridgehead atoms. The second-order valence-corrected chi connectivity index (χ2v) is 6.99. The van der Waals surface area contributed by atoms with Crippen LogP contribution in [-0.2, 0) is 0 Å². The highest BCUT2D eigenvalue weighted by Gasteiger charge is 2.42. The number of nitrogens with one attached hydrogen (secondary N) is 1. The second-order valence-electron chi connectivity index (χ2n) is 6.14. The van der Waals surface area contributed by atoms with Gasteiger partial charge < -0.3 is 5.32 Å². The van der Waals surface area contributed by atoms with Crippen LogP contribution in [0.15, 0.2) is 48.6 Å². The molecule has 2 aliphatic rings. The summed E-state index contributed by atoms with van der Waals surface area (Å²) < 4.78 is 0. The molecule has 0 radical (unpaired) electrons. The van der Waals surface area contributed by atoms with Crippen molar-refractivity contribution in [2.24, 2.45) is 5.92 Å². The summed E-state index contributed by atoms with van der Waals surface area (Å²) in [5.41, 5.74) is 2.52. The van der Waals surface area contributed by atoms with Crippen LogP contribution in [0.2, 0.25) is 10.0 Å². The van der Waals surface area contributed by atoms with Crippen molar-refractivity contribution >= 4 is 34.6 Å². The van der Waals surface area contributed by atoms with Crippen LogP contribution in [0.4, 0.5) is 11.4 Å². The van der Waals surface area contributed by atoms with E-state index >= 15 is 0 Å². The summed E-state index contributed by atoms with van der Waals surface area (Å²) in [5.74, 6) is 0.178. The molecule has 0 saturated heterocycles. The minimum atomic E-state index is -0.334. The summed E-state index contributed by atoms with van der Waals surface area (Å²) in [5, 5.41) is 16.1. The molecule has 2 aromatic carbocycles. The summed E-state index contributed by atoms with van der Waals surface area (Å²) in [4.78, 5) is 11.1. The van der Waals surface area contributed by atoms with E-state index in [2.05, 4.69) is 17.5 Å². The lowest BCUT2D eigenvalue weighted by Gasteiger charge is -2.37. The van der Waals surface area contributed by atoms with Gasteiger partial charge in [-0.05, 0) is 36.1 Å². The molecule has 0 saturated carbocycles. The number of anilines is 1. The fourth-order valence-electron chi connectivity index (χ4n) is 3.84. The molecule has 24 heavy (non-hydrogen) atoms. The molecule has 1 N–H and O–H groups in total. The van der Waals surface area contributed by atoms with Crippen molar-refractivity contribution in [1.82, 2.24) is 0 Å². The third-order valence-electron chi connectivity index (χ3n) is 4.85.